The fourth-order valence-electron chi connectivity index (χ4n) is 2.83. The van der Waals surface area contributed by atoms with Gasteiger partial charge >= 0.3 is 0 Å². The summed E-state index contributed by atoms with van der Waals surface area (Å²) in [6, 6.07) is 2.57. The summed E-state index contributed by atoms with van der Waals surface area (Å²) in [6.07, 6.45) is 11.7. The van der Waals surface area contributed by atoms with Gasteiger partial charge < -0.3 is 4.57 Å². The Morgan fingerprint density at radius 1 is 1.26 bits per heavy atom. The summed E-state index contributed by atoms with van der Waals surface area (Å²) in [5, 5.41) is 4.33. The number of aryl methyl sites for hydroxylation is 1. The highest BCUT2D eigenvalue weighted by atomic mass is 15.3. The zero-order chi connectivity index (χ0) is 13.1. The minimum Gasteiger partial charge on any atom is -0.337 e. The first kappa shape index (κ1) is 12.4. The minimum absolute atomic E-state index is 0.574. The monoisotopic (exact) mass is 259 g/mol. The molecule has 0 unspecified atom stereocenters. The zero-order valence-electron chi connectivity index (χ0n) is 11.4. The molecular weight excluding hydrogens is 238 g/mol. The molecule has 0 aromatic carbocycles. The summed E-state index contributed by atoms with van der Waals surface area (Å²) in [4.78, 5) is 6.99. The molecule has 0 spiro atoms. The number of likely N-dealkylation sites (tertiary alicyclic amines) is 1. The van der Waals surface area contributed by atoms with E-state index in [-0.39, 0.29) is 0 Å². The summed E-state index contributed by atoms with van der Waals surface area (Å²) < 4.78 is 4.15. The lowest BCUT2D eigenvalue weighted by molar-refractivity contribution is 0.118. The van der Waals surface area contributed by atoms with Crippen LogP contribution in [0.3, 0.4) is 0 Å². The molecule has 0 radical (unpaired) electrons. The van der Waals surface area contributed by atoms with Crippen molar-refractivity contribution in [2.75, 3.05) is 6.54 Å². The summed E-state index contributed by atoms with van der Waals surface area (Å²) in [5.41, 5.74) is 0. The number of aromatic nitrogens is 4. The Balaban J connectivity index is 1.68. The molecule has 3 rings (SSSR count). The summed E-state index contributed by atoms with van der Waals surface area (Å²) >= 11 is 0. The van der Waals surface area contributed by atoms with Crippen molar-refractivity contribution in [2.45, 2.75) is 38.4 Å². The third-order valence-electron chi connectivity index (χ3n) is 3.97. The molecule has 1 fully saturated rings. The SMILES string of the molecule is Cn1ccnc1CN1CCCC[C@@H]1Cn1cccn1. The maximum Gasteiger partial charge on any atom is 0.122 e. The Bertz CT molecular complexity index is 502. The van der Waals surface area contributed by atoms with Crippen molar-refractivity contribution in [2.24, 2.45) is 7.05 Å². The normalized spacial score (nSPS) is 20.8. The lowest BCUT2D eigenvalue weighted by Gasteiger charge is -2.35. The predicted molar refractivity (Wildman–Crippen MR) is 73.5 cm³/mol. The van der Waals surface area contributed by atoms with Crippen LogP contribution < -0.4 is 0 Å². The third-order valence-corrected chi connectivity index (χ3v) is 3.97. The molecule has 5 nitrogen and oxygen atoms in total. The first-order valence-corrected chi connectivity index (χ1v) is 7.00. The van der Waals surface area contributed by atoms with Gasteiger partial charge in [0.2, 0.25) is 0 Å². The van der Waals surface area contributed by atoms with Crippen molar-refractivity contribution >= 4 is 0 Å². The van der Waals surface area contributed by atoms with E-state index < -0.39 is 0 Å². The van der Waals surface area contributed by atoms with Crippen LogP contribution in [-0.4, -0.2) is 36.8 Å². The van der Waals surface area contributed by atoms with Crippen LogP contribution in [0.4, 0.5) is 0 Å². The molecule has 0 aliphatic carbocycles. The van der Waals surface area contributed by atoms with E-state index in [1.165, 1.54) is 25.8 Å². The van der Waals surface area contributed by atoms with Crippen LogP contribution in [0.5, 0.6) is 0 Å². The average Bonchev–Trinajstić information content (AvgIpc) is 3.05. The van der Waals surface area contributed by atoms with Crippen LogP contribution in [0, 0.1) is 0 Å². The van der Waals surface area contributed by atoms with Crippen LogP contribution in [0.15, 0.2) is 30.9 Å². The topological polar surface area (TPSA) is 38.9 Å². The van der Waals surface area contributed by atoms with Gasteiger partial charge in [-0.2, -0.15) is 5.10 Å². The molecule has 1 atom stereocenters. The maximum atomic E-state index is 4.44. The fraction of sp³-hybridized carbons (Fsp3) is 0.571. The van der Waals surface area contributed by atoms with Gasteiger partial charge in [0, 0.05) is 37.9 Å². The lowest BCUT2D eigenvalue weighted by atomic mass is 10.0. The van der Waals surface area contributed by atoms with E-state index in [9.17, 15) is 0 Å². The highest BCUT2D eigenvalue weighted by molar-refractivity contribution is 4.93. The number of piperidine rings is 1. The molecule has 0 saturated carbocycles. The maximum absolute atomic E-state index is 4.44. The molecule has 1 saturated heterocycles. The zero-order valence-corrected chi connectivity index (χ0v) is 11.4. The molecule has 1 aliphatic heterocycles. The Morgan fingerprint density at radius 2 is 2.21 bits per heavy atom. The first-order valence-electron chi connectivity index (χ1n) is 7.00. The van der Waals surface area contributed by atoms with E-state index in [1.54, 1.807) is 0 Å². The smallest absolute Gasteiger partial charge is 0.122 e. The van der Waals surface area contributed by atoms with E-state index in [2.05, 4.69) is 26.6 Å². The molecule has 0 N–H and O–H groups in total. The predicted octanol–water partition coefficient (Wildman–Crippen LogP) is 1.67. The summed E-state index contributed by atoms with van der Waals surface area (Å²) in [5.74, 6) is 1.15. The van der Waals surface area contributed by atoms with E-state index >= 15 is 0 Å². The van der Waals surface area contributed by atoms with Gasteiger partial charge in [-0.1, -0.05) is 6.42 Å². The van der Waals surface area contributed by atoms with E-state index in [4.69, 9.17) is 0 Å². The lowest BCUT2D eigenvalue weighted by Crippen LogP contribution is -2.42. The van der Waals surface area contributed by atoms with E-state index in [0.29, 0.717) is 6.04 Å². The second kappa shape index (κ2) is 5.57. The molecule has 5 heteroatoms. The molecule has 0 amide bonds. The fourth-order valence-corrected chi connectivity index (χ4v) is 2.83. The molecule has 19 heavy (non-hydrogen) atoms. The van der Waals surface area contributed by atoms with Crippen molar-refractivity contribution in [3.05, 3.63) is 36.7 Å². The van der Waals surface area contributed by atoms with Gasteiger partial charge in [-0.3, -0.25) is 9.58 Å². The second-order valence-electron chi connectivity index (χ2n) is 5.30. The molecule has 0 bridgehead atoms. The van der Waals surface area contributed by atoms with Gasteiger partial charge in [0.25, 0.3) is 0 Å². The molecular formula is C14H21N5. The summed E-state index contributed by atoms with van der Waals surface area (Å²) in [7, 11) is 2.06. The van der Waals surface area contributed by atoms with Crippen molar-refractivity contribution in [3.8, 4) is 0 Å². The number of imidazole rings is 1. The van der Waals surface area contributed by atoms with Crippen LogP contribution >= 0.6 is 0 Å². The van der Waals surface area contributed by atoms with Gasteiger partial charge in [0.05, 0.1) is 13.1 Å². The van der Waals surface area contributed by atoms with E-state index in [1.807, 2.05) is 35.5 Å². The number of nitrogens with zero attached hydrogens (tertiary/aromatic N) is 5. The van der Waals surface area contributed by atoms with Gasteiger partial charge in [0.15, 0.2) is 0 Å². The molecule has 102 valence electrons. The van der Waals surface area contributed by atoms with Crippen LogP contribution in [-0.2, 0) is 20.1 Å². The van der Waals surface area contributed by atoms with Crippen molar-refractivity contribution in [3.63, 3.8) is 0 Å². The Labute approximate surface area is 113 Å². The van der Waals surface area contributed by atoms with E-state index in [0.717, 1.165) is 18.9 Å². The first-order chi connectivity index (χ1) is 9.33. The minimum atomic E-state index is 0.574. The van der Waals surface area contributed by atoms with Crippen LogP contribution in [0.1, 0.15) is 25.1 Å². The Kier molecular flexibility index (Phi) is 3.64. The second-order valence-corrected chi connectivity index (χ2v) is 5.30. The van der Waals surface area contributed by atoms with Gasteiger partial charge in [-0.15, -0.1) is 0 Å². The van der Waals surface area contributed by atoms with Crippen LogP contribution in [0.25, 0.3) is 0 Å². The van der Waals surface area contributed by atoms with Gasteiger partial charge in [-0.05, 0) is 25.5 Å². The molecule has 1 aliphatic rings. The standard InChI is InChI=1S/C14H21N5/c1-17-10-7-15-14(17)12-18-8-3-2-5-13(18)11-19-9-4-6-16-19/h4,6-7,9-10,13H,2-3,5,8,11-12H2,1H3/t13-/m1/s1. The number of hydrogen-bond donors (Lipinski definition) is 0. The average molecular weight is 259 g/mol. The highest BCUT2D eigenvalue weighted by Crippen LogP contribution is 2.20. The van der Waals surface area contributed by atoms with Crippen molar-refractivity contribution in [1.82, 2.24) is 24.2 Å². The third kappa shape index (κ3) is 2.87. The van der Waals surface area contributed by atoms with Crippen molar-refractivity contribution < 1.29 is 0 Å². The molecule has 2 aromatic rings. The number of hydrogen-bond acceptors (Lipinski definition) is 3. The van der Waals surface area contributed by atoms with Gasteiger partial charge in [0.1, 0.15) is 5.82 Å². The van der Waals surface area contributed by atoms with Crippen molar-refractivity contribution in [1.29, 1.82) is 0 Å². The molecule has 2 aromatic heterocycles. The Hall–Kier alpha value is -1.62. The largest absolute Gasteiger partial charge is 0.337 e. The molecule has 3 heterocycles. The summed E-state index contributed by atoms with van der Waals surface area (Å²) in [6.45, 7) is 3.09. The van der Waals surface area contributed by atoms with Crippen LogP contribution in [0.2, 0.25) is 0 Å². The Morgan fingerprint density at radius 3 is 2.95 bits per heavy atom. The van der Waals surface area contributed by atoms with Gasteiger partial charge in [-0.25, -0.2) is 4.98 Å². The number of rotatable bonds is 4. The highest BCUT2D eigenvalue weighted by Gasteiger charge is 2.23. The quantitative estimate of drug-likeness (QED) is 0.838.